The molecule has 0 spiro atoms. The first kappa shape index (κ1) is 43.9. The number of nitrogen functional groups attached to an aromatic ring is 1. The first-order valence-corrected chi connectivity index (χ1v) is 24.5. The van der Waals surface area contributed by atoms with Gasteiger partial charge in [0, 0.05) is 57.0 Å². The third-order valence-electron chi connectivity index (χ3n) is 13.5. The number of pyridine rings is 2. The fourth-order valence-corrected chi connectivity index (χ4v) is 9.77. The molecule has 7 heteroatoms. The number of fused-ring (bicyclic) bond motifs is 2. The van der Waals surface area contributed by atoms with Gasteiger partial charge >= 0.3 is 0 Å². The van der Waals surface area contributed by atoms with Crippen LogP contribution < -0.4 is 11.1 Å². The van der Waals surface area contributed by atoms with Gasteiger partial charge in [0.2, 0.25) is 0 Å². The normalized spacial score (nSPS) is 14.3. The van der Waals surface area contributed by atoms with E-state index in [-0.39, 0.29) is 5.92 Å². The average Bonchev–Trinajstić information content (AvgIpc) is 3.46. The number of anilines is 2. The van der Waals surface area contributed by atoms with Crippen molar-refractivity contribution >= 4 is 44.8 Å². The zero-order chi connectivity index (χ0) is 48.2. The molecule has 0 saturated carbocycles. The van der Waals surface area contributed by atoms with Crippen molar-refractivity contribution < 1.29 is 0 Å². The molecule has 0 saturated heterocycles. The lowest BCUT2D eigenvalue weighted by atomic mass is 9.95. The van der Waals surface area contributed by atoms with Crippen LogP contribution in [0.3, 0.4) is 0 Å². The molecule has 344 valence electrons. The van der Waals surface area contributed by atoms with E-state index in [0.717, 1.165) is 125 Å². The molecular weight excluding hydrogens is 879 g/mol. The van der Waals surface area contributed by atoms with Crippen LogP contribution in [0, 0.1) is 0 Å². The van der Waals surface area contributed by atoms with Crippen LogP contribution in [0.5, 0.6) is 0 Å². The minimum atomic E-state index is 0.0415. The van der Waals surface area contributed by atoms with Crippen molar-refractivity contribution in [3.05, 3.63) is 248 Å². The SMILES string of the molecule is Nc1c(/C=C\Nc2cccc(-c3cccc(-c4cccc(-c5nc(-c6cccc(-c7cccc8cccnc78)c6)nc(C6C=CC=CC6)n5)c4)c3)c2)ccc2c(-c3ccccc3)cc(C3=CCCC=C3)nc12. The number of nitrogens with two attached hydrogens (primary N) is 1. The van der Waals surface area contributed by atoms with Crippen molar-refractivity contribution in [1.29, 1.82) is 0 Å². The number of aromatic nitrogens is 5. The lowest BCUT2D eigenvalue weighted by Crippen LogP contribution is -2.08. The van der Waals surface area contributed by atoms with E-state index >= 15 is 0 Å². The number of rotatable bonds is 11. The zero-order valence-corrected chi connectivity index (χ0v) is 39.5. The molecule has 0 aliphatic heterocycles. The lowest BCUT2D eigenvalue weighted by molar-refractivity contribution is 0.764. The molecule has 7 nitrogen and oxygen atoms in total. The van der Waals surface area contributed by atoms with Crippen LogP contribution in [0.2, 0.25) is 0 Å². The first-order chi connectivity index (χ1) is 35.6. The summed E-state index contributed by atoms with van der Waals surface area (Å²) in [5.74, 6) is 2.06. The Kier molecular flexibility index (Phi) is 11.9. The monoisotopic (exact) mass is 927 g/mol. The van der Waals surface area contributed by atoms with Crippen LogP contribution in [0.1, 0.15) is 42.3 Å². The van der Waals surface area contributed by atoms with Crippen molar-refractivity contribution in [2.24, 2.45) is 0 Å². The van der Waals surface area contributed by atoms with Crippen LogP contribution in [0.25, 0.3) is 101 Å². The van der Waals surface area contributed by atoms with Crippen molar-refractivity contribution in [2.75, 3.05) is 11.1 Å². The fraction of sp³-hybridized carbons (Fsp3) is 0.0615. The minimum absolute atomic E-state index is 0.0415. The van der Waals surface area contributed by atoms with Crippen molar-refractivity contribution in [3.8, 4) is 67.3 Å². The maximum absolute atomic E-state index is 6.96. The van der Waals surface area contributed by atoms with E-state index in [2.05, 4.69) is 212 Å². The summed E-state index contributed by atoms with van der Waals surface area (Å²) in [5.41, 5.74) is 23.9. The summed E-state index contributed by atoms with van der Waals surface area (Å²) in [6.07, 6.45) is 23.8. The van der Waals surface area contributed by atoms with E-state index in [0.29, 0.717) is 17.3 Å². The summed E-state index contributed by atoms with van der Waals surface area (Å²) in [6.45, 7) is 0. The average molecular weight is 928 g/mol. The number of benzene rings is 7. The van der Waals surface area contributed by atoms with Gasteiger partial charge in [-0.2, -0.15) is 0 Å². The molecule has 0 amide bonds. The molecule has 3 N–H and O–H groups in total. The Hall–Kier alpha value is -9.33. The lowest BCUT2D eigenvalue weighted by Gasteiger charge is -2.15. The molecule has 12 rings (SSSR count). The van der Waals surface area contributed by atoms with Gasteiger partial charge in [-0.05, 0) is 112 Å². The molecule has 1 atom stereocenters. The number of para-hydroxylation sites is 1. The number of hydrogen-bond acceptors (Lipinski definition) is 7. The predicted molar refractivity (Wildman–Crippen MR) is 299 cm³/mol. The molecule has 7 aromatic carbocycles. The largest absolute Gasteiger partial charge is 0.396 e. The number of nitrogens with one attached hydrogen (secondary N) is 1. The van der Waals surface area contributed by atoms with Crippen LogP contribution in [-0.2, 0) is 0 Å². The van der Waals surface area contributed by atoms with Crippen LogP contribution in [-0.4, -0.2) is 24.9 Å². The summed E-state index contributed by atoms with van der Waals surface area (Å²) >= 11 is 0. The Bertz CT molecular complexity index is 3840. The third-order valence-corrected chi connectivity index (χ3v) is 13.5. The van der Waals surface area contributed by atoms with Gasteiger partial charge in [0.15, 0.2) is 11.6 Å². The molecular formula is C65H49N7. The summed E-state index contributed by atoms with van der Waals surface area (Å²) in [5, 5.41) is 5.64. The second kappa shape index (κ2) is 19.6. The highest BCUT2D eigenvalue weighted by atomic mass is 15.0. The Morgan fingerprint density at radius 1 is 0.528 bits per heavy atom. The molecule has 72 heavy (non-hydrogen) atoms. The van der Waals surface area contributed by atoms with Gasteiger partial charge in [0.05, 0.1) is 22.4 Å². The van der Waals surface area contributed by atoms with Crippen LogP contribution in [0.4, 0.5) is 11.4 Å². The highest BCUT2D eigenvalue weighted by Gasteiger charge is 2.19. The Morgan fingerprint density at radius 3 is 1.96 bits per heavy atom. The number of nitrogens with zero attached hydrogens (tertiary/aromatic N) is 5. The molecule has 1 unspecified atom stereocenters. The number of allylic oxidation sites excluding steroid dienone is 8. The van der Waals surface area contributed by atoms with Gasteiger partial charge in [0.1, 0.15) is 5.82 Å². The molecule has 10 aromatic rings. The smallest absolute Gasteiger partial charge is 0.163 e. The standard InChI is InChI=1S/C65H49N7/c66-60-45(33-34-57-58(43-16-4-1-5-17-43)42-59(69-62(57)60)44-18-6-2-7-19-44)35-37-67-55-31-13-26-51(41-55)49-24-10-23-48(38-49)50-25-11-28-53(39-50)64-70-63(47-20-8-3-9-21-47)71-65(72-64)54-29-12-27-52(40-54)56-32-14-22-46-30-15-36-68-61(46)56/h1,3-6,8-20,22-42,47,67H,2,7,21,66H2/b37-35-. The maximum atomic E-state index is 6.96. The van der Waals surface area contributed by atoms with Gasteiger partial charge in [-0.3, -0.25) is 4.98 Å². The third kappa shape index (κ3) is 9.03. The first-order valence-electron chi connectivity index (χ1n) is 24.5. The fourth-order valence-electron chi connectivity index (χ4n) is 9.77. The van der Waals surface area contributed by atoms with E-state index in [1.165, 1.54) is 0 Å². The highest BCUT2D eigenvalue weighted by Crippen LogP contribution is 2.37. The molecule has 0 bridgehead atoms. The summed E-state index contributed by atoms with van der Waals surface area (Å²) in [7, 11) is 0. The van der Waals surface area contributed by atoms with E-state index in [1.807, 2.05) is 30.6 Å². The Balaban J connectivity index is 0.820. The van der Waals surface area contributed by atoms with Crippen molar-refractivity contribution in [1.82, 2.24) is 24.9 Å². The summed E-state index contributed by atoms with van der Waals surface area (Å²) in [4.78, 5) is 25.3. The van der Waals surface area contributed by atoms with E-state index < -0.39 is 0 Å². The van der Waals surface area contributed by atoms with Gasteiger partial charge in [-0.25, -0.2) is 19.9 Å². The quantitative estimate of drug-likeness (QED) is 0.125. The molecule has 3 heterocycles. The second-order valence-corrected chi connectivity index (χ2v) is 18.2. The topological polar surface area (TPSA) is 102 Å². The molecule has 0 fully saturated rings. The maximum Gasteiger partial charge on any atom is 0.163 e. The van der Waals surface area contributed by atoms with Crippen LogP contribution >= 0.6 is 0 Å². The van der Waals surface area contributed by atoms with Gasteiger partial charge < -0.3 is 11.1 Å². The van der Waals surface area contributed by atoms with Crippen LogP contribution in [0.15, 0.2) is 231 Å². The highest BCUT2D eigenvalue weighted by molar-refractivity contribution is 6.04. The molecule has 2 aliphatic carbocycles. The summed E-state index contributed by atoms with van der Waals surface area (Å²) < 4.78 is 0. The van der Waals surface area contributed by atoms with E-state index in [9.17, 15) is 0 Å². The minimum Gasteiger partial charge on any atom is -0.396 e. The molecule has 3 aromatic heterocycles. The Morgan fingerprint density at radius 2 is 1.21 bits per heavy atom. The van der Waals surface area contributed by atoms with Crippen molar-refractivity contribution in [3.63, 3.8) is 0 Å². The summed E-state index contributed by atoms with van der Waals surface area (Å²) in [6, 6.07) is 61.3. The molecule has 0 radical (unpaired) electrons. The van der Waals surface area contributed by atoms with Gasteiger partial charge in [-0.15, -0.1) is 0 Å². The van der Waals surface area contributed by atoms with Crippen molar-refractivity contribution in [2.45, 2.75) is 25.2 Å². The second-order valence-electron chi connectivity index (χ2n) is 18.2. The van der Waals surface area contributed by atoms with Gasteiger partial charge in [0.25, 0.3) is 0 Å². The van der Waals surface area contributed by atoms with E-state index in [1.54, 1.807) is 0 Å². The zero-order valence-electron chi connectivity index (χ0n) is 39.5. The predicted octanol–water partition coefficient (Wildman–Crippen LogP) is 16.0. The van der Waals surface area contributed by atoms with Gasteiger partial charge in [-0.1, -0.05) is 176 Å². The van der Waals surface area contributed by atoms with E-state index in [4.69, 9.17) is 30.7 Å². The molecule has 2 aliphatic rings. The number of hydrogen-bond donors (Lipinski definition) is 2. The Labute approximate surface area is 419 Å².